The average Bonchev–Trinajstić information content (AvgIpc) is 3.07. The van der Waals surface area contributed by atoms with E-state index in [-0.39, 0.29) is 36.0 Å². The van der Waals surface area contributed by atoms with Gasteiger partial charge < -0.3 is 9.84 Å². The highest BCUT2D eigenvalue weighted by Crippen LogP contribution is 2.36. The second-order valence-electron chi connectivity index (χ2n) is 6.62. The lowest BCUT2D eigenvalue weighted by atomic mass is 9.93. The molecule has 2 saturated heterocycles. The summed E-state index contributed by atoms with van der Waals surface area (Å²) in [6.45, 7) is 1.45. The molecule has 28 heavy (non-hydrogen) atoms. The van der Waals surface area contributed by atoms with E-state index in [0.717, 1.165) is 4.90 Å². The van der Waals surface area contributed by atoms with E-state index in [0.29, 0.717) is 26.3 Å². The number of ketones is 1. The number of benzene rings is 1. The number of carbonyl (C=O) groups is 2. The van der Waals surface area contributed by atoms with Crippen LogP contribution in [0.4, 0.5) is 22.4 Å². The zero-order valence-electron chi connectivity index (χ0n) is 14.7. The molecule has 0 aliphatic carbocycles. The molecule has 6 nitrogen and oxygen atoms in total. The van der Waals surface area contributed by atoms with E-state index >= 15 is 0 Å². The number of Topliss-reactive ketones (excluding diaryl/α,β-unsaturated/α-hetero) is 1. The third-order valence-electron chi connectivity index (χ3n) is 4.96. The Kier molecular flexibility index (Phi) is 7.40. The van der Waals surface area contributed by atoms with Gasteiger partial charge in [-0.15, -0.1) is 17.0 Å². The molecule has 0 saturated carbocycles. The smallest absolute Gasteiger partial charge is 0.407 e. The fourth-order valence-electron chi connectivity index (χ4n) is 3.60. The number of morpholine rings is 1. The Hall–Kier alpha value is -1.72. The Morgan fingerprint density at radius 3 is 2.21 bits per heavy atom. The summed E-state index contributed by atoms with van der Waals surface area (Å²) in [6.07, 6.45) is -1.68. The molecule has 1 aromatic rings. The van der Waals surface area contributed by atoms with Gasteiger partial charge in [-0.1, -0.05) is 0 Å². The number of carbonyl (C=O) groups excluding carboxylic acids is 1. The third-order valence-corrected chi connectivity index (χ3v) is 4.96. The van der Waals surface area contributed by atoms with Gasteiger partial charge in [-0.2, -0.15) is 0 Å². The van der Waals surface area contributed by atoms with Crippen molar-refractivity contribution >= 4 is 28.9 Å². The van der Waals surface area contributed by atoms with Crippen LogP contribution in [0.3, 0.4) is 0 Å². The number of amides is 1. The highest BCUT2D eigenvalue weighted by Gasteiger charge is 2.43. The van der Waals surface area contributed by atoms with Gasteiger partial charge in [0.05, 0.1) is 25.8 Å². The van der Waals surface area contributed by atoms with Crippen molar-refractivity contribution in [3.8, 4) is 0 Å². The minimum Gasteiger partial charge on any atom is -0.465 e. The molecule has 156 valence electrons. The number of halogens is 5. The number of ether oxygens (including phenoxy) is 1. The first-order valence-electron chi connectivity index (χ1n) is 8.44. The van der Waals surface area contributed by atoms with Gasteiger partial charge in [0.1, 0.15) is 0 Å². The van der Waals surface area contributed by atoms with Gasteiger partial charge >= 0.3 is 6.09 Å². The first kappa shape index (κ1) is 22.6. The molecule has 2 aliphatic rings. The number of likely N-dealkylation sites (tertiary alicyclic amines) is 1. The highest BCUT2D eigenvalue weighted by molar-refractivity contribution is 8.93. The Bertz CT molecular complexity index is 735. The lowest BCUT2D eigenvalue weighted by molar-refractivity contribution is -0.125. The molecule has 0 spiro atoms. The Morgan fingerprint density at radius 1 is 1.11 bits per heavy atom. The standard InChI is InChI=1S/C17H18F4N2O4.BrH/c18-10-6-11(19)16(21)14(15(10)20)9-5-12(23(7-9)17(25)26)13(24)8-22-1-3-27-4-2-22;/h6,9,12H,1-5,7-8H2,(H,25,26);1H. The van der Waals surface area contributed by atoms with Crippen molar-refractivity contribution in [1.29, 1.82) is 0 Å². The van der Waals surface area contributed by atoms with E-state index in [9.17, 15) is 32.3 Å². The molecule has 0 bridgehead atoms. The summed E-state index contributed by atoms with van der Waals surface area (Å²) in [5.41, 5.74) is -0.861. The largest absolute Gasteiger partial charge is 0.465 e. The first-order chi connectivity index (χ1) is 12.8. The van der Waals surface area contributed by atoms with Crippen molar-refractivity contribution in [2.75, 3.05) is 39.4 Å². The van der Waals surface area contributed by atoms with Crippen LogP contribution in [-0.4, -0.2) is 72.2 Å². The topological polar surface area (TPSA) is 70.1 Å². The highest BCUT2D eigenvalue weighted by atomic mass is 79.9. The average molecular weight is 471 g/mol. The van der Waals surface area contributed by atoms with Crippen molar-refractivity contribution in [1.82, 2.24) is 9.80 Å². The maximum atomic E-state index is 14.1. The quantitative estimate of drug-likeness (QED) is 0.540. The fraction of sp³-hybridized carbons (Fsp3) is 0.529. The van der Waals surface area contributed by atoms with Gasteiger partial charge in [-0.25, -0.2) is 22.4 Å². The van der Waals surface area contributed by atoms with Crippen LogP contribution >= 0.6 is 17.0 Å². The molecular formula is C17H19BrF4N2O4. The lowest BCUT2D eigenvalue weighted by Gasteiger charge is -2.28. The van der Waals surface area contributed by atoms with Gasteiger partial charge in [0.25, 0.3) is 0 Å². The molecule has 1 aromatic carbocycles. The zero-order chi connectivity index (χ0) is 19.7. The van der Waals surface area contributed by atoms with E-state index in [1.54, 1.807) is 4.90 Å². The van der Waals surface area contributed by atoms with Crippen LogP contribution in [0.25, 0.3) is 0 Å². The summed E-state index contributed by atoms with van der Waals surface area (Å²) < 4.78 is 60.3. The van der Waals surface area contributed by atoms with E-state index in [2.05, 4.69) is 0 Å². The molecule has 3 rings (SSSR count). The Morgan fingerprint density at radius 2 is 1.68 bits per heavy atom. The minimum absolute atomic E-state index is 0. The maximum absolute atomic E-state index is 14.1. The SMILES string of the molecule is Br.O=C(CN1CCOCC1)C1CC(c2c(F)c(F)cc(F)c2F)CN1C(=O)O. The summed E-state index contributed by atoms with van der Waals surface area (Å²) in [5.74, 6) is -7.84. The number of hydrogen-bond donors (Lipinski definition) is 1. The molecule has 2 fully saturated rings. The summed E-state index contributed by atoms with van der Waals surface area (Å²) in [7, 11) is 0. The molecule has 1 N–H and O–H groups in total. The number of rotatable bonds is 4. The van der Waals surface area contributed by atoms with Gasteiger partial charge in [0, 0.05) is 37.2 Å². The fourth-order valence-corrected chi connectivity index (χ4v) is 3.60. The minimum atomic E-state index is -1.56. The van der Waals surface area contributed by atoms with Crippen LogP contribution in [0.15, 0.2) is 6.07 Å². The van der Waals surface area contributed by atoms with E-state index in [4.69, 9.17) is 4.74 Å². The molecule has 2 heterocycles. The van der Waals surface area contributed by atoms with Crippen LogP contribution in [0, 0.1) is 23.3 Å². The molecule has 1 amide bonds. The Balaban J connectivity index is 0.00000280. The second kappa shape index (κ2) is 9.19. The summed E-state index contributed by atoms with van der Waals surface area (Å²) in [6, 6.07) is -1.04. The predicted molar refractivity (Wildman–Crippen MR) is 94.7 cm³/mol. The molecule has 2 unspecified atom stereocenters. The normalized spacial score (nSPS) is 22.8. The van der Waals surface area contributed by atoms with Gasteiger partial charge in [0.2, 0.25) is 0 Å². The van der Waals surface area contributed by atoms with Gasteiger partial charge in [0.15, 0.2) is 29.1 Å². The second-order valence-corrected chi connectivity index (χ2v) is 6.62. The van der Waals surface area contributed by atoms with E-state index in [1.807, 2.05) is 0 Å². The zero-order valence-corrected chi connectivity index (χ0v) is 16.4. The van der Waals surface area contributed by atoms with E-state index in [1.165, 1.54) is 0 Å². The van der Waals surface area contributed by atoms with Crippen molar-refractivity contribution in [2.45, 2.75) is 18.4 Å². The van der Waals surface area contributed by atoms with Gasteiger partial charge in [-0.3, -0.25) is 14.6 Å². The number of hydrogen-bond acceptors (Lipinski definition) is 4. The predicted octanol–water partition coefficient (Wildman–Crippen LogP) is 2.56. The first-order valence-corrected chi connectivity index (χ1v) is 8.44. The van der Waals surface area contributed by atoms with Crippen molar-refractivity contribution in [3.63, 3.8) is 0 Å². The molecule has 0 radical (unpaired) electrons. The summed E-state index contributed by atoms with van der Waals surface area (Å²) in [4.78, 5) is 26.6. The van der Waals surface area contributed by atoms with Crippen LogP contribution in [0.2, 0.25) is 0 Å². The van der Waals surface area contributed by atoms with Crippen molar-refractivity contribution in [2.24, 2.45) is 0 Å². The van der Waals surface area contributed by atoms with Crippen LogP contribution in [0.1, 0.15) is 17.9 Å². The summed E-state index contributed by atoms with van der Waals surface area (Å²) >= 11 is 0. The van der Waals surface area contributed by atoms with E-state index < -0.39 is 59.2 Å². The van der Waals surface area contributed by atoms with Crippen LogP contribution < -0.4 is 0 Å². The third kappa shape index (κ3) is 4.47. The Labute approximate surface area is 168 Å². The number of nitrogens with zero attached hydrogens (tertiary/aromatic N) is 2. The van der Waals surface area contributed by atoms with Crippen LogP contribution in [-0.2, 0) is 9.53 Å². The van der Waals surface area contributed by atoms with Crippen LogP contribution in [0.5, 0.6) is 0 Å². The van der Waals surface area contributed by atoms with Crippen molar-refractivity contribution in [3.05, 3.63) is 34.9 Å². The molecule has 2 aliphatic heterocycles. The maximum Gasteiger partial charge on any atom is 0.407 e. The summed E-state index contributed by atoms with van der Waals surface area (Å²) in [5, 5.41) is 9.36. The monoisotopic (exact) mass is 470 g/mol. The number of carboxylic acid groups (broad SMARTS) is 1. The molecular weight excluding hydrogens is 452 g/mol. The van der Waals surface area contributed by atoms with Gasteiger partial charge in [-0.05, 0) is 6.42 Å². The molecule has 11 heteroatoms. The molecule has 0 aromatic heterocycles. The lowest BCUT2D eigenvalue weighted by Crippen LogP contribution is -2.46. The van der Waals surface area contributed by atoms with Crippen molar-refractivity contribution < 1.29 is 37.0 Å². The molecule has 2 atom stereocenters.